The van der Waals surface area contributed by atoms with Crippen LogP contribution in [0.5, 0.6) is 0 Å². The zero-order valence-corrected chi connectivity index (χ0v) is 17.6. The molecule has 0 saturated carbocycles. The molecule has 0 unspecified atom stereocenters. The lowest BCUT2D eigenvalue weighted by molar-refractivity contribution is -0.700. The van der Waals surface area contributed by atoms with Crippen LogP contribution in [0.4, 0.5) is 4.79 Å². The van der Waals surface area contributed by atoms with Gasteiger partial charge in [0, 0.05) is 13.1 Å². The second-order valence-electron chi connectivity index (χ2n) is 8.64. The molecule has 3 rings (SSSR count). The van der Waals surface area contributed by atoms with Gasteiger partial charge >= 0.3 is 6.09 Å². The van der Waals surface area contributed by atoms with Crippen molar-refractivity contribution >= 4 is 16.4 Å². The molecule has 2 aliphatic heterocycles. The summed E-state index contributed by atoms with van der Waals surface area (Å²) in [7, 11) is -4.41. The molecule has 2 aliphatic rings. The number of aromatic nitrogens is 2. The number of ether oxygens (including phenoxy) is 1. The summed E-state index contributed by atoms with van der Waals surface area (Å²) in [4.78, 5) is 14.2. The van der Waals surface area contributed by atoms with Gasteiger partial charge < -0.3 is 14.2 Å². The molecular weight excluding hydrogens is 384 g/mol. The lowest BCUT2D eigenvalue weighted by atomic mass is 10.2. The third-order valence-corrected chi connectivity index (χ3v) is 6.26. The van der Waals surface area contributed by atoms with Crippen LogP contribution in [-0.2, 0) is 28.1 Å². The molecule has 9 nitrogen and oxygen atoms in total. The smallest absolute Gasteiger partial charge is 0.410 e. The summed E-state index contributed by atoms with van der Waals surface area (Å²) in [5.74, 6) is 0. The Bertz CT molecular complexity index is 801. The molecule has 158 valence electrons. The second-order valence-corrected chi connectivity index (χ2v) is 9.97. The molecule has 3 heterocycles. The van der Waals surface area contributed by atoms with Crippen LogP contribution in [0.1, 0.15) is 46.5 Å². The van der Waals surface area contributed by atoms with E-state index in [4.69, 9.17) is 4.74 Å². The maximum absolute atomic E-state index is 12.4. The number of nitrogens with zero attached hydrogens (tertiary/aromatic N) is 4. The van der Waals surface area contributed by atoms with E-state index in [2.05, 4.69) is 0 Å². The molecule has 0 aliphatic carbocycles. The predicted octanol–water partition coefficient (Wildman–Crippen LogP) is 1.10. The van der Waals surface area contributed by atoms with Crippen LogP contribution in [-0.4, -0.2) is 63.6 Å². The maximum atomic E-state index is 12.4. The Hall–Kier alpha value is -1.65. The average Bonchev–Trinajstić information content (AvgIpc) is 3.26. The lowest BCUT2D eigenvalue weighted by Crippen LogP contribution is -2.46. The highest BCUT2D eigenvalue weighted by Gasteiger charge is 2.34. The minimum absolute atomic E-state index is 0.0701. The third-order valence-electron chi connectivity index (χ3n) is 5.20. The summed E-state index contributed by atoms with van der Waals surface area (Å²) in [5, 5.41) is 0. The number of rotatable bonds is 5. The quantitative estimate of drug-likeness (QED) is 0.531. The number of imidazole rings is 1. The first kappa shape index (κ1) is 21.1. The van der Waals surface area contributed by atoms with Crippen molar-refractivity contribution in [3.63, 3.8) is 0 Å². The highest BCUT2D eigenvalue weighted by Crippen LogP contribution is 2.22. The Morgan fingerprint density at radius 3 is 2.57 bits per heavy atom. The molecule has 28 heavy (non-hydrogen) atoms. The average molecular weight is 415 g/mol. The molecule has 0 N–H and O–H groups in total. The first-order chi connectivity index (χ1) is 13.0. The van der Waals surface area contributed by atoms with Gasteiger partial charge in [-0.3, -0.25) is 0 Å². The molecular formula is C18H30N4O5S. The maximum Gasteiger partial charge on any atom is 0.410 e. The highest BCUT2D eigenvalue weighted by atomic mass is 32.2. The van der Waals surface area contributed by atoms with Crippen molar-refractivity contribution in [2.24, 2.45) is 0 Å². The summed E-state index contributed by atoms with van der Waals surface area (Å²) in [6.07, 6.45) is 8.68. The van der Waals surface area contributed by atoms with Gasteiger partial charge in [-0.1, -0.05) is 0 Å². The van der Waals surface area contributed by atoms with E-state index in [0.29, 0.717) is 39.0 Å². The molecule has 2 saturated heterocycles. The highest BCUT2D eigenvalue weighted by molar-refractivity contribution is 7.83. The minimum atomic E-state index is -4.41. The Morgan fingerprint density at radius 1 is 1.21 bits per heavy atom. The molecule has 1 amide bonds. The molecule has 2 fully saturated rings. The second kappa shape index (κ2) is 8.00. The number of likely N-dealkylation sites (tertiary alicyclic amines) is 1. The van der Waals surface area contributed by atoms with Gasteiger partial charge in [0.1, 0.15) is 31.1 Å². The number of amides is 1. The van der Waals surface area contributed by atoms with Crippen molar-refractivity contribution in [1.29, 1.82) is 0 Å². The number of hydrogen-bond acceptors (Lipinski definition) is 5. The van der Waals surface area contributed by atoms with Gasteiger partial charge in [0.15, 0.2) is 10.3 Å². The lowest BCUT2D eigenvalue weighted by Gasteiger charge is -2.27. The van der Waals surface area contributed by atoms with E-state index in [1.54, 1.807) is 4.90 Å². The van der Waals surface area contributed by atoms with Gasteiger partial charge in [0.25, 0.3) is 0 Å². The van der Waals surface area contributed by atoms with Crippen LogP contribution in [0.2, 0.25) is 0 Å². The summed E-state index contributed by atoms with van der Waals surface area (Å²) in [6, 6.07) is -0.228. The molecule has 2 atom stereocenters. The Kier molecular flexibility index (Phi) is 6.02. The fourth-order valence-electron chi connectivity index (χ4n) is 4.01. The molecule has 1 aromatic heterocycles. The normalized spacial score (nSPS) is 24.1. The molecule has 1 aromatic rings. The zero-order valence-electron chi connectivity index (χ0n) is 16.8. The molecule has 0 radical (unpaired) electrons. The van der Waals surface area contributed by atoms with Gasteiger partial charge in [-0.05, 0) is 46.5 Å². The molecule has 10 heteroatoms. The fraction of sp³-hybridized carbons (Fsp3) is 0.778. The number of carbonyl (C=O) groups excluding carboxylic acids is 1. The molecule has 0 spiro atoms. The summed E-state index contributed by atoms with van der Waals surface area (Å²) < 4.78 is 44.6. The van der Waals surface area contributed by atoms with Crippen LogP contribution in [0.3, 0.4) is 0 Å². The van der Waals surface area contributed by atoms with E-state index in [0.717, 1.165) is 17.1 Å². The van der Waals surface area contributed by atoms with Crippen molar-refractivity contribution in [3.8, 4) is 0 Å². The SMILES string of the molecule is CC(C)(C)OC(=O)N1CCC[C@H]1Cn1cc[n+](C[C@@H]2CCCN2S(=O)(=O)[O-])c1. The minimum Gasteiger partial charge on any atom is -0.735 e. The predicted molar refractivity (Wildman–Crippen MR) is 100 cm³/mol. The van der Waals surface area contributed by atoms with Crippen LogP contribution >= 0.6 is 0 Å². The van der Waals surface area contributed by atoms with Crippen LogP contribution in [0.25, 0.3) is 0 Å². The van der Waals surface area contributed by atoms with Crippen LogP contribution in [0, 0.1) is 0 Å². The van der Waals surface area contributed by atoms with Crippen molar-refractivity contribution in [2.45, 2.75) is 77.2 Å². The summed E-state index contributed by atoms with van der Waals surface area (Å²) in [5.41, 5.74) is -0.518. The zero-order chi connectivity index (χ0) is 20.5. The van der Waals surface area contributed by atoms with Crippen LogP contribution in [0.15, 0.2) is 18.7 Å². The van der Waals surface area contributed by atoms with Crippen LogP contribution < -0.4 is 4.57 Å². The summed E-state index contributed by atoms with van der Waals surface area (Å²) in [6.45, 7) is 7.68. The van der Waals surface area contributed by atoms with E-state index < -0.39 is 15.9 Å². The summed E-state index contributed by atoms with van der Waals surface area (Å²) >= 11 is 0. The first-order valence-electron chi connectivity index (χ1n) is 9.80. The monoisotopic (exact) mass is 414 g/mol. The number of carbonyl (C=O) groups is 1. The fourth-order valence-corrected chi connectivity index (χ4v) is 4.90. The Morgan fingerprint density at radius 2 is 1.89 bits per heavy atom. The van der Waals surface area contributed by atoms with E-state index in [1.165, 1.54) is 0 Å². The topological polar surface area (TPSA) is 98.8 Å². The largest absolute Gasteiger partial charge is 0.735 e. The van der Waals surface area contributed by atoms with E-state index in [-0.39, 0.29) is 18.2 Å². The first-order valence-corrected chi connectivity index (χ1v) is 11.2. The van der Waals surface area contributed by atoms with E-state index in [1.807, 2.05) is 48.6 Å². The van der Waals surface area contributed by atoms with Crippen molar-refractivity contribution < 1.29 is 27.1 Å². The van der Waals surface area contributed by atoms with Gasteiger partial charge in [0.05, 0.1) is 12.1 Å². The Balaban J connectivity index is 1.60. The van der Waals surface area contributed by atoms with E-state index >= 15 is 0 Å². The van der Waals surface area contributed by atoms with Crippen molar-refractivity contribution in [2.75, 3.05) is 13.1 Å². The van der Waals surface area contributed by atoms with Gasteiger partial charge in [-0.2, -0.15) is 0 Å². The van der Waals surface area contributed by atoms with E-state index in [9.17, 15) is 17.8 Å². The van der Waals surface area contributed by atoms with Gasteiger partial charge in [-0.15, -0.1) is 0 Å². The number of hydrogen-bond donors (Lipinski definition) is 0. The van der Waals surface area contributed by atoms with Gasteiger partial charge in [-0.25, -0.2) is 26.7 Å². The molecule has 0 bridgehead atoms. The Labute approximate surface area is 166 Å². The van der Waals surface area contributed by atoms with Crippen molar-refractivity contribution in [1.82, 2.24) is 13.8 Å². The van der Waals surface area contributed by atoms with Gasteiger partial charge in [0.2, 0.25) is 6.33 Å². The standard InChI is InChI=1S/C18H30N4O5S/c1-18(2,3)27-17(23)21-8-4-6-15(21)12-19-10-11-20(14-19)13-16-7-5-9-22(16)28(24,25)26/h10-11,14-16H,4-9,12-13H2,1-3H3/t15-,16-/m0/s1. The molecule has 0 aromatic carbocycles. The third kappa shape index (κ3) is 5.24. The van der Waals surface area contributed by atoms with Crippen molar-refractivity contribution in [3.05, 3.63) is 18.7 Å².